The van der Waals surface area contributed by atoms with Crippen molar-refractivity contribution in [2.75, 3.05) is 11.9 Å². The molecule has 1 saturated heterocycles. The molecule has 0 aromatic carbocycles. The number of aromatic nitrogens is 1. The Balaban J connectivity index is 2.15. The predicted molar refractivity (Wildman–Crippen MR) is 68.6 cm³/mol. The zero-order chi connectivity index (χ0) is 12.4. The van der Waals surface area contributed by atoms with Crippen LogP contribution in [0.4, 0.5) is 5.69 Å². The highest BCUT2D eigenvalue weighted by molar-refractivity contribution is 6.34. The third kappa shape index (κ3) is 2.89. The summed E-state index contributed by atoms with van der Waals surface area (Å²) in [6.07, 6.45) is 1.87. The molecule has 92 valence electrons. The molecule has 0 aliphatic carbocycles. The highest BCUT2D eigenvalue weighted by Gasteiger charge is 2.23. The molecule has 2 heterocycles. The third-order valence-electron chi connectivity index (χ3n) is 2.77. The molecule has 1 fully saturated rings. The molecule has 0 radical (unpaired) electrons. The minimum Gasteiger partial charge on any atom is -0.322 e. The molecule has 1 unspecified atom stereocenters. The van der Waals surface area contributed by atoms with Gasteiger partial charge in [-0.2, -0.15) is 0 Å². The molecule has 4 nitrogen and oxygen atoms in total. The maximum absolute atomic E-state index is 11.9. The molecule has 1 aliphatic heterocycles. The van der Waals surface area contributed by atoms with Crippen molar-refractivity contribution in [1.29, 1.82) is 0 Å². The van der Waals surface area contributed by atoms with E-state index in [0.717, 1.165) is 24.9 Å². The summed E-state index contributed by atoms with van der Waals surface area (Å²) >= 11 is 11.7. The van der Waals surface area contributed by atoms with E-state index >= 15 is 0 Å². The fourth-order valence-corrected chi connectivity index (χ4v) is 2.44. The van der Waals surface area contributed by atoms with Crippen LogP contribution >= 0.6 is 23.2 Å². The van der Waals surface area contributed by atoms with Gasteiger partial charge in [0.1, 0.15) is 5.15 Å². The second kappa shape index (κ2) is 5.21. The minimum absolute atomic E-state index is 0.0726. The molecule has 1 aromatic heterocycles. The molecule has 0 bridgehead atoms. The van der Waals surface area contributed by atoms with Crippen molar-refractivity contribution in [3.05, 3.63) is 21.9 Å². The van der Waals surface area contributed by atoms with Gasteiger partial charge in [-0.05, 0) is 37.9 Å². The number of carbonyl (C=O) groups excluding carboxylic acids is 1. The van der Waals surface area contributed by atoms with Crippen LogP contribution in [0, 0.1) is 6.92 Å². The van der Waals surface area contributed by atoms with E-state index in [2.05, 4.69) is 15.6 Å². The summed E-state index contributed by atoms with van der Waals surface area (Å²) in [7, 11) is 0. The first kappa shape index (κ1) is 12.6. The van der Waals surface area contributed by atoms with Crippen LogP contribution in [0.3, 0.4) is 0 Å². The Labute approximate surface area is 110 Å². The first-order chi connectivity index (χ1) is 8.08. The number of nitrogens with one attached hydrogen (secondary N) is 2. The number of hydrogen-bond acceptors (Lipinski definition) is 3. The van der Waals surface area contributed by atoms with Crippen molar-refractivity contribution in [3.63, 3.8) is 0 Å². The second-order valence-corrected chi connectivity index (χ2v) is 4.81. The Hall–Kier alpha value is -0.840. The maximum atomic E-state index is 11.9. The van der Waals surface area contributed by atoms with Gasteiger partial charge in [0.25, 0.3) is 0 Å². The minimum atomic E-state index is -0.138. The average Bonchev–Trinajstić information content (AvgIpc) is 2.76. The molecule has 1 aromatic rings. The monoisotopic (exact) mass is 273 g/mol. The van der Waals surface area contributed by atoms with Gasteiger partial charge in [0.2, 0.25) is 5.91 Å². The lowest BCUT2D eigenvalue weighted by atomic mass is 10.2. The van der Waals surface area contributed by atoms with Crippen LogP contribution in [0.25, 0.3) is 0 Å². The molecule has 1 aliphatic rings. The number of amides is 1. The average molecular weight is 274 g/mol. The Morgan fingerprint density at radius 2 is 2.35 bits per heavy atom. The fraction of sp³-hybridized carbons (Fsp3) is 0.455. The Morgan fingerprint density at radius 1 is 1.59 bits per heavy atom. The first-order valence-corrected chi connectivity index (χ1v) is 6.20. The van der Waals surface area contributed by atoms with Gasteiger partial charge in [-0.15, -0.1) is 0 Å². The van der Waals surface area contributed by atoms with Crippen molar-refractivity contribution < 1.29 is 4.79 Å². The third-order valence-corrected chi connectivity index (χ3v) is 3.23. The molecule has 17 heavy (non-hydrogen) atoms. The van der Waals surface area contributed by atoms with E-state index in [1.54, 1.807) is 6.07 Å². The van der Waals surface area contributed by atoms with Gasteiger partial charge in [-0.3, -0.25) is 4.79 Å². The van der Waals surface area contributed by atoms with E-state index in [-0.39, 0.29) is 17.1 Å². The normalized spacial score (nSPS) is 19.4. The molecule has 0 spiro atoms. The molecule has 0 saturated carbocycles. The number of pyridine rings is 1. The number of carbonyl (C=O) groups is 1. The number of hydrogen-bond donors (Lipinski definition) is 2. The van der Waals surface area contributed by atoms with Crippen molar-refractivity contribution in [1.82, 2.24) is 10.3 Å². The van der Waals surface area contributed by atoms with Crippen LogP contribution in [0.5, 0.6) is 0 Å². The Morgan fingerprint density at radius 3 is 2.94 bits per heavy atom. The van der Waals surface area contributed by atoms with Gasteiger partial charge < -0.3 is 10.6 Å². The molecular weight excluding hydrogens is 261 g/mol. The van der Waals surface area contributed by atoms with Crippen molar-refractivity contribution >= 4 is 34.8 Å². The van der Waals surface area contributed by atoms with Crippen LogP contribution in [-0.4, -0.2) is 23.5 Å². The summed E-state index contributed by atoms with van der Waals surface area (Å²) in [5.41, 5.74) is 1.34. The molecule has 1 amide bonds. The SMILES string of the molecule is Cc1cc(Cl)nc(Cl)c1NC(=O)C1CCCN1. The summed E-state index contributed by atoms with van der Waals surface area (Å²) in [5.74, 6) is -0.0726. The molecule has 2 rings (SSSR count). The standard InChI is InChI=1S/C11H13Cl2N3O/c1-6-5-8(12)15-10(13)9(6)16-11(17)7-3-2-4-14-7/h5,7,14H,2-4H2,1H3,(H,16,17). The van der Waals surface area contributed by atoms with Crippen LogP contribution < -0.4 is 10.6 Å². The van der Waals surface area contributed by atoms with Crippen molar-refractivity contribution in [2.24, 2.45) is 0 Å². The van der Waals surface area contributed by atoms with Crippen LogP contribution in [-0.2, 0) is 4.79 Å². The highest BCUT2D eigenvalue weighted by Crippen LogP contribution is 2.26. The van der Waals surface area contributed by atoms with E-state index in [4.69, 9.17) is 23.2 Å². The highest BCUT2D eigenvalue weighted by atomic mass is 35.5. The van der Waals surface area contributed by atoms with Crippen LogP contribution in [0.1, 0.15) is 18.4 Å². The van der Waals surface area contributed by atoms with Gasteiger partial charge in [-0.1, -0.05) is 23.2 Å². The van der Waals surface area contributed by atoms with E-state index in [1.807, 2.05) is 6.92 Å². The molecular formula is C11H13Cl2N3O. The van der Waals surface area contributed by atoms with Crippen LogP contribution in [0.2, 0.25) is 10.3 Å². The quantitative estimate of drug-likeness (QED) is 0.814. The lowest BCUT2D eigenvalue weighted by molar-refractivity contribution is -0.117. The largest absolute Gasteiger partial charge is 0.322 e. The first-order valence-electron chi connectivity index (χ1n) is 5.45. The second-order valence-electron chi connectivity index (χ2n) is 4.07. The van der Waals surface area contributed by atoms with E-state index in [9.17, 15) is 4.79 Å². The van der Waals surface area contributed by atoms with Crippen molar-refractivity contribution in [3.8, 4) is 0 Å². The number of nitrogens with zero attached hydrogens (tertiary/aromatic N) is 1. The number of rotatable bonds is 2. The van der Waals surface area contributed by atoms with Crippen LogP contribution in [0.15, 0.2) is 6.07 Å². The number of halogens is 2. The topological polar surface area (TPSA) is 54.0 Å². The van der Waals surface area contributed by atoms with Gasteiger partial charge in [-0.25, -0.2) is 4.98 Å². The van der Waals surface area contributed by atoms with Crippen molar-refractivity contribution in [2.45, 2.75) is 25.8 Å². The molecule has 2 N–H and O–H groups in total. The summed E-state index contributed by atoms with van der Waals surface area (Å²) in [6, 6.07) is 1.53. The summed E-state index contributed by atoms with van der Waals surface area (Å²) in [4.78, 5) is 15.8. The summed E-state index contributed by atoms with van der Waals surface area (Å²) < 4.78 is 0. The fourth-order valence-electron chi connectivity index (χ4n) is 1.86. The van der Waals surface area contributed by atoms with Gasteiger partial charge in [0.15, 0.2) is 5.15 Å². The zero-order valence-electron chi connectivity index (χ0n) is 9.39. The van der Waals surface area contributed by atoms with Gasteiger partial charge >= 0.3 is 0 Å². The lowest BCUT2D eigenvalue weighted by Crippen LogP contribution is -2.35. The van der Waals surface area contributed by atoms with Gasteiger partial charge in [0.05, 0.1) is 11.7 Å². The number of anilines is 1. The predicted octanol–water partition coefficient (Wildman–Crippen LogP) is 2.39. The van der Waals surface area contributed by atoms with Gasteiger partial charge in [0, 0.05) is 0 Å². The lowest BCUT2D eigenvalue weighted by Gasteiger charge is -2.13. The Kier molecular flexibility index (Phi) is 3.86. The van der Waals surface area contributed by atoms with E-state index < -0.39 is 0 Å². The molecule has 1 atom stereocenters. The summed E-state index contributed by atoms with van der Waals surface area (Å²) in [6.45, 7) is 2.71. The molecule has 6 heteroatoms. The summed E-state index contributed by atoms with van der Waals surface area (Å²) in [5, 5.41) is 6.47. The maximum Gasteiger partial charge on any atom is 0.241 e. The Bertz CT molecular complexity index is 421. The van der Waals surface area contributed by atoms with E-state index in [0.29, 0.717) is 10.8 Å². The number of aryl methyl sites for hydroxylation is 1. The zero-order valence-corrected chi connectivity index (χ0v) is 10.9. The smallest absolute Gasteiger partial charge is 0.241 e. The van der Waals surface area contributed by atoms with E-state index in [1.165, 1.54) is 0 Å².